The zero-order chi connectivity index (χ0) is 20.8. The van der Waals surface area contributed by atoms with Gasteiger partial charge in [0.1, 0.15) is 12.2 Å². The maximum Gasteiger partial charge on any atom is 0.285 e. The van der Waals surface area contributed by atoms with Crippen molar-refractivity contribution in [3.63, 3.8) is 0 Å². The molecule has 0 saturated heterocycles. The number of carbonyl (C=O) groups excluding carboxylic acids is 4. The highest BCUT2D eigenvalue weighted by Gasteiger charge is 2.43. The number of benzene rings is 2. The Morgan fingerprint density at radius 3 is 1.17 bits per heavy atom. The van der Waals surface area contributed by atoms with Crippen LogP contribution < -0.4 is 0 Å². The molecule has 2 aromatic carbocycles. The summed E-state index contributed by atoms with van der Waals surface area (Å²) in [4.78, 5) is 62.0. The van der Waals surface area contributed by atoms with Crippen molar-refractivity contribution in [2.24, 2.45) is 0 Å². The van der Waals surface area contributed by atoms with Crippen molar-refractivity contribution in [3.8, 4) is 0 Å². The molecule has 0 radical (unpaired) electrons. The molecule has 8 nitrogen and oxygen atoms in total. The van der Waals surface area contributed by atoms with Crippen LogP contribution in [0, 0.1) is 0 Å². The topological polar surface area (TPSA) is 93.2 Å². The molecule has 2 aromatic rings. The van der Waals surface area contributed by atoms with Gasteiger partial charge in [-0.2, -0.15) is 0 Å². The number of hydroxylamine groups is 4. The Balaban J connectivity index is 1.34. The molecule has 1 fully saturated rings. The second-order valence-electron chi connectivity index (χ2n) is 7.47. The van der Waals surface area contributed by atoms with Crippen molar-refractivity contribution < 1.29 is 28.9 Å². The van der Waals surface area contributed by atoms with Gasteiger partial charge in [-0.1, -0.05) is 37.1 Å². The number of rotatable bonds is 4. The van der Waals surface area contributed by atoms with Gasteiger partial charge in [0.25, 0.3) is 23.6 Å². The molecule has 2 unspecified atom stereocenters. The van der Waals surface area contributed by atoms with E-state index in [0.29, 0.717) is 12.8 Å². The highest BCUT2D eigenvalue weighted by molar-refractivity contribution is 6.21. The first-order valence-electron chi connectivity index (χ1n) is 9.85. The largest absolute Gasteiger partial charge is 0.285 e. The van der Waals surface area contributed by atoms with Crippen molar-refractivity contribution >= 4 is 23.6 Å². The lowest BCUT2D eigenvalue weighted by atomic mass is 9.95. The van der Waals surface area contributed by atoms with Crippen molar-refractivity contribution in [1.29, 1.82) is 0 Å². The van der Waals surface area contributed by atoms with Gasteiger partial charge >= 0.3 is 0 Å². The van der Waals surface area contributed by atoms with Crippen LogP contribution in [0.4, 0.5) is 0 Å². The fourth-order valence-electron chi connectivity index (χ4n) is 4.10. The maximum absolute atomic E-state index is 12.6. The van der Waals surface area contributed by atoms with Crippen LogP contribution in [0.1, 0.15) is 67.1 Å². The SMILES string of the molecule is O=C1c2ccccc2C(=O)N1OC1CCCCC1ON1C(=O)c2ccccc2C1=O. The molecule has 3 aliphatic rings. The smallest absolute Gasteiger partial charge is 0.266 e. The van der Waals surface area contributed by atoms with Crippen LogP contribution in [0.2, 0.25) is 0 Å². The van der Waals surface area contributed by atoms with Gasteiger partial charge in [0, 0.05) is 0 Å². The number of fused-ring (bicyclic) bond motifs is 2. The molecule has 0 bridgehead atoms. The molecular weight excluding hydrogens is 388 g/mol. The molecule has 5 rings (SSSR count). The summed E-state index contributed by atoms with van der Waals surface area (Å²) in [5.41, 5.74) is 1.15. The molecule has 2 aliphatic heterocycles. The van der Waals surface area contributed by atoms with E-state index in [2.05, 4.69) is 0 Å². The highest BCUT2D eigenvalue weighted by Crippen LogP contribution is 2.31. The Morgan fingerprint density at radius 2 is 0.867 bits per heavy atom. The van der Waals surface area contributed by atoms with Crippen LogP contribution in [0.5, 0.6) is 0 Å². The molecule has 152 valence electrons. The summed E-state index contributed by atoms with van der Waals surface area (Å²) in [6, 6.07) is 13.0. The average Bonchev–Trinajstić information content (AvgIpc) is 3.16. The Bertz CT molecular complexity index is 925. The third kappa shape index (κ3) is 2.84. The zero-order valence-corrected chi connectivity index (χ0v) is 15.9. The Kier molecular flexibility index (Phi) is 4.45. The van der Waals surface area contributed by atoms with Gasteiger partial charge in [0.2, 0.25) is 0 Å². The van der Waals surface area contributed by atoms with Crippen LogP contribution in [0.25, 0.3) is 0 Å². The molecule has 0 N–H and O–H groups in total. The van der Waals surface area contributed by atoms with E-state index in [4.69, 9.17) is 9.68 Å². The summed E-state index contributed by atoms with van der Waals surface area (Å²) >= 11 is 0. The van der Waals surface area contributed by atoms with E-state index in [1.807, 2.05) is 0 Å². The van der Waals surface area contributed by atoms with Crippen LogP contribution in [0.3, 0.4) is 0 Å². The highest BCUT2D eigenvalue weighted by atomic mass is 16.7. The van der Waals surface area contributed by atoms with Gasteiger partial charge in [-0.25, -0.2) is 0 Å². The molecule has 2 atom stereocenters. The van der Waals surface area contributed by atoms with E-state index >= 15 is 0 Å². The lowest BCUT2D eigenvalue weighted by Gasteiger charge is -2.33. The minimum atomic E-state index is -0.648. The molecule has 0 aromatic heterocycles. The van der Waals surface area contributed by atoms with Crippen LogP contribution in [-0.2, 0) is 9.68 Å². The lowest BCUT2D eigenvalue weighted by molar-refractivity contribution is -0.227. The standard InChI is InChI=1S/C22H18N2O6/c25-19-13-7-1-2-8-14(13)20(26)23(19)29-17-11-5-6-12-18(17)30-24-21(27)15-9-3-4-10-16(15)22(24)28/h1-4,7-10,17-18H,5-6,11-12H2. The monoisotopic (exact) mass is 406 g/mol. The second-order valence-corrected chi connectivity index (χ2v) is 7.47. The van der Waals surface area contributed by atoms with E-state index in [1.165, 1.54) is 0 Å². The molecule has 0 spiro atoms. The number of hydrogen-bond donors (Lipinski definition) is 0. The van der Waals surface area contributed by atoms with Gasteiger partial charge in [0.05, 0.1) is 22.3 Å². The summed E-state index contributed by atoms with van der Waals surface area (Å²) in [5.74, 6) is -2.11. The minimum Gasteiger partial charge on any atom is -0.266 e. The van der Waals surface area contributed by atoms with Gasteiger partial charge in [-0.05, 0) is 37.1 Å². The van der Waals surface area contributed by atoms with Crippen LogP contribution in [0.15, 0.2) is 48.5 Å². The van der Waals surface area contributed by atoms with Gasteiger partial charge < -0.3 is 0 Å². The van der Waals surface area contributed by atoms with Crippen molar-refractivity contribution in [2.75, 3.05) is 0 Å². The number of hydrogen-bond acceptors (Lipinski definition) is 6. The second kappa shape index (κ2) is 7.16. The first-order valence-corrected chi connectivity index (χ1v) is 9.85. The Hall–Kier alpha value is -3.36. The van der Waals surface area contributed by atoms with E-state index < -0.39 is 35.8 Å². The summed E-state index contributed by atoms with van der Waals surface area (Å²) in [6.07, 6.45) is 1.39. The molecular formula is C22H18N2O6. The van der Waals surface area contributed by atoms with Crippen molar-refractivity contribution in [3.05, 3.63) is 70.8 Å². The first-order chi connectivity index (χ1) is 14.6. The van der Waals surface area contributed by atoms with Crippen LogP contribution >= 0.6 is 0 Å². The van der Waals surface area contributed by atoms with Gasteiger partial charge in [-0.3, -0.25) is 28.9 Å². The zero-order valence-electron chi connectivity index (χ0n) is 15.9. The molecule has 4 amide bonds. The molecule has 30 heavy (non-hydrogen) atoms. The maximum atomic E-state index is 12.6. The molecule has 2 heterocycles. The van der Waals surface area contributed by atoms with E-state index in [9.17, 15) is 19.2 Å². The van der Waals surface area contributed by atoms with E-state index in [0.717, 1.165) is 23.0 Å². The molecule has 1 aliphatic carbocycles. The van der Waals surface area contributed by atoms with Crippen molar-refractivity contribution in [2.45, 2.75) is 37.9 Å². The molecule has 8 heteroatoms. The fourth-order valence-corrected chi connectivity index (χ4v) is 4.10. The number of nitrogens with zero attached hydrogens (tertiary/aromatic N) is 2. The van der Waals surface area contributed by atoms with Gasteiger partial charge in [-0.15, -0.1) is 10.1 Å². The fraction of sp³-hybridized carbons (Fsp3) is 0.273. The number of carbonyl (C=O) groups is 4. The normalized spacial score (nSPS) is 23.2. The minimum absolute atomic E-state index is 0.288. The summed E-state index contributed by atoms with van der Waals surface area (Å²) < 4.78 is 0. The molecule has 1 saturated carbocycles. The number of amides is 4. The quantitative estimate of drug-likeness (QED) is 0.725. The Morgan fingerprint density at radius 1 is 0.567 bits per heavy atom. The summed E-state index contributed by atoms with van der Waals surface area (Å²) in [7, 11) is 0. The summed E-state index contributed by atoms with van der Waals surface area (Å²) in [5, 5.41) is 1.53. The lowest BCUT2D eigenvalue weighted by Crippen LogP contribution is -2.46. The van der Waals surface area contributed by atoms with Gasteiger partial charge in [0.15, 0.2) is 0 Å². The Labute approximate surface area is 171 Å². The van der Waals surface area contributed by atoms with E-state index in [-0.39, 0.29) is 22.3 Å². The van der Waals surface area contributed by atoms with Crippen molar-refractivity contribution in [1.82, 2.24) is 10.1 Å². The first kappa shape index (κ1) is 18.7. The van der Waals surface area contributed by atoms with Crippen LogP contribution in [-0.4, -0.2) is 46.0 Å². The van der Waals surface area contributed by atoms with E-state index in [1.54, 1.807) is 48.5 Å². The predicted octanol–water partition coefficient (Wildman–Crippen LogP) is 2.75. The summed E-state index contributed by atoms with van der Waals surface area (Å²) in [6.45, 7) is 0. The predicted molar refractivity (Wildman–Crippen MR) is 102 cm³/mol. The number of imide groups is 2. The third-order valence-electron chi connectivity index (χ3n) is 5.64. The third-order valence-corrected chi connectivity index (χ3v) is 5.64. The average molecular weight is 406 g/mol.